The molecule has 184 valence electrons. The molecule has 0 bridgehead atoms. The molecule has 1 aromatic heterocycles. The molecule has 0 spiro atoms. The van der Waals surface area contributed by atoms with Crippen LogP contribution in [0.5, 0.6) is 0 Å². The summed E-state index contributed by atoms with van der Waals surface area (Å²) < 4.78 is 48.0. The normalized spacial score (nSPS) is 11.1. The topological polar surface area (TPSA) is 45.9 Å². The molecule has 0 fully saturated rings. The van der Waals surface area contributed by atoms with E-state index in [2.05, 4.69) is 17.1 Å². The van der Waals surface area contributed by atoms with Crippen LogP contribution in [-0.4, -0.2) is 18.7 Å². The molecule has 0 aliphatic carbocycles. The van der Waals surface area contributed by atoms with Gasteiger partial charge in [0.1, 0.15) is 29.1 Å². The Balaban J connectivity index is 1.40. The van der Waals surface area contributed by atoms with Gasteiger partial charge >= 0.3 is 0 Å². The van der Waals surface area contributed by atoms with Gasteiger partial charge in [0, 0.05) is 31.0 Å². The molecule has 1 heterocycles. The average Bonchev–Trinajstić information content (AvgIpc) is 2.88. The van der Waals surface area contributed by atoms with Crippen LogP contribution in [0.2, 0.25) is 0 Å². The summed E-state index contributed by atoms with van der Waals surface area (Å²) in [5.41, 5.74) is 3.58. The zero-order valence-electron chi connectivity index (χ0n) is 20.2. The van der Waals surface area contributed by atoms with Gasteiger partial charge in [0.2, 0.25) is 0 Å². The van der Waals surface area contributed by atoms with E-state index in [0.29, 0.717) is 22.9 Å². The quantitative estimate of drug-likeness (QED) is 0.234. The molecule has 0 N–H and O–H groups in total. The van der Waals surface area contributed by atoms with Crippen LogP contribution in [0.25, 0.3) is 10.8 Å². The van der Waals surface area contributed by atoms with Crippen molar-refractivity contribution in [1.82, 2.24) is 4.98 Å². The first-order chi connectivity index (χ1) is 17.5. The van der Waals surface area contributed by atoms with Crippen LogP contribution in [-0.2, 0) is 36.8 Å². The van der Waals surface area contributed by atoms with Crippen molar-refractivity contribution in [2.75, 3.05) is 13.7 Å². The van der Waals surface area contributed by atoms with Crippen molar-refractivity contribution in [3.63, 3.8) is 0 Å². The summed E-state index contributed by atoms with van der Waals surface area (Å²) in [4.78, 5) is 4.56. The highest BCUT2D eigenvalue weighted by molar-refractivity contribution is 5.84. The monoisotopic (exact) mass is 488 g/mol. The number of benzene rings is 3. The van der Waals surface area contributed by atoms with Crippen LogP contribution in [0.3, 0.4) is 0 Å². The molecule has 0 atom stereocenters. The fourth-order valence-corrected chi connectivity index (χ4v) is 4.33. The second kappa shape index (κ2) is 11.8. The minimum atomic E-state index is -0.896. The molecule has 0 saturated carbocycles. The van der Waals surface area contributed by atoms with Gasteiger partial charge in [-0.1, -0.05) is 36.4 Å². The molecular formula is C30H27F3N2O. The molecule has 0 aliphatic heterocycles. The average molecular weight is 489 g/mol. The summed E-state index contributed by atoms with van der Waals surface area (Å²) in [6, 6.07) is 17.3. The number of nitrogens with zero attached hydrogens (tertiary/aromatic N) is 2. The molecule has 36 heavy (non-hydrogen) atoms. The van der Waals surface area contributed by atoms with E-state index >= 15 is 4.39 Å². The number of aromatic nitrogens is 1. The van der Waals surface area contributed by atoms with Crippen molar-refractivity contribution < 1.29 is 17.9 Å². The van der Waals surface area contributed by atoms with E-state index in [1.54, 1.807) is 19.2 Å². The van der Waals surface area contributed by atoms with E-state index in [1.807, 2.05) is 24.4 Å². The third-order valence-electron chi connectivity index (χ3n) is 6.36. The first-order valence-corrected chi connectivity index (χ1v) is 12.0. The predicted molar refractivity (Wildman–Crippen MR) is 134 cm³/mol. The number of pyridine rings is 1. The fourth-order valence-electron chi connectivity index (χ4n) is 4.33. The Bertz CT molecular complexity index is 1370. The number of ether oxygens (including phenoxy) is 1. The maximum atomic E-state index is 15.2. The first-order valence-electron chi connectivity index (χ1n) is 12.0. The maximum absolute atomic E-state index is 15.2. The largest absolute Gasteiger partial charge is 0.385 e. The summed E-state index contributed by atoms with van der Waals surface area (Å²) in [6.45, 7) is 0.739. The highest BCUT2D eigenvalue weighted by Gasteiger charge is 2.13. The zero-order chi connectivity index (χ0) is 25.5. The van der Waals surface area contributed by atoms with Gasteiger partial charge < -0.3 is 4.74 Å². The van der Waals surface area contributed by atoms with Crippen LogP contribution in [0.4, 0.5) is 13.2 Å². The second-order valence-corrected chi connectivity index (χ2v) is 8.89. The lowest BCUT2D eigenvalue weighted by atomic mass is 9.97. The van der Waals surface area contributed by atoms with Gasteiger partial charge in [-0.05, 0) is 84.4 Å². The number of rotatable bonds is 10. The molecule has 0 saturated heterocycles. The smallest absolute Gasteiger partial charge is 0.144 e. The lowest BCUT2D eigenvalue weighted by Crippen LogP contribution is -2.00. The SMILES string of the molecule is COCCCc1ccc(CCc2ccc3c(F)c(CCc4cc(F)c(C#N)c(F)c4)ccc3c2)nc1. The summed E-state index contributed by atoms with van der Waals surface area (Å²) in [7, 11) is 1.70. The van der Waals surface area contributed by atoms with Gasteiger partial charge in [0.25, 0.3) is 0 Å². The third-order valence-corrected chi connectivity index (χ3v) is 6.36. The fraction of sp³-hybridized carbons (Fsp3) is 0.267. The van der Waals surface area contributed by atoms with Crippen molar-refractivity contribution in [2.45, 2.75) is 38.5 Å². The minimum Gasteiger partial charge on any atom is -0.385 e. The van der Waals surface area contributed by atoms with Crippen LogP contribution in [0, 0.1) is 28.8 Å². The van der Waals surface area contributed by atoms with E-state index in [0.717, 1.165) is 61.1 Å². The molecule has 0 unspecified atom stereocenters. The standard InChI is InChI=1S/C30H27F3N2O/c1-36-14-2-3-21-6-12-25(35-19-21)11-5-20-7-13-26-24(15-20)10-9-23(30(26)33)8-4-22-16-28(31)27(18-34)29(32)17-22/h6-7,9-10,12-13,15-17,19H,2-5,8,11,14H2,1H3. The summed E-state index contributed by atoms with van der Waals surface area (Å²) in [5, 5.41) is 10.1. The molecule has 4 rings (SSSR count). The first kappa shape index (κ1) is 25.4. The van der Waals surface area contributed by atoms with E-state index in [4.69, 9.17) is 10.00 Å². The number of methoxy groups -OCH3 is 1. The Morgan fingerprint density at radius 3 is 2.25 bits per heavy atom. The minimum absolute atomic E-state index is 0.262. The van der Waals surface area contributed by atoms with E-state index < -0.39 is 17.2 Å². The van der Waals surface area contributed by atoms with E-state index in [9.17, 15) is 8.78 Å². The Morgan fingerprint density at radius 2 is 1.56 bits per heavy atom. The molecule has 0 aliphatic rings. The van der Waals surface area contributed by atoms with Crippen molar-refractivity contribution in [2.24, 2.45) is 0 Å². The molecule has 6 heteroatoms. The van der Waals surface area contributed by atoms with Gasteiger partial charge in [0.15, 0.2) is 0 Å². The molecule has 3 aromatic carbocycles. The van der Waals surface area contributed by atoms with Crippen molar-refractivity contribution in [3.05, 3.63) is 112 Å². The second-order valence-electron chi connectivity index (χ2n) is 8.89. The highest BCUT2D eigenvalue weighted by atomic mass is 19.1. The van der Waals surface area contributed by atoms with Gasteiger partial charge in [-0.25, -0.2) is 13.2 Å². The molecular weight excluding hydrogens is 461 g/mol. The Kier molecular flexibility index (Phi) is 8.35. The molecule has 3 nitrogen and oxygen atoms in total. The molecule has 4 aromatic rings. The Labute approximate surface area is 209 Å². The van der Waals surface area contributed by atoms with Gasteiger partial charge in [-0.2, -0.15) is 5.26 Å². The maximum Gasteiger partial charge on any atom is 0.144 e. The lowest BCUT2D eigenvalue weighted by molar-refractivity contribution is 0.195. The number of halogens is 3. The van der Waals surface area contributed by atoms with E-state index in [-0.39, 0.29) is 12.2 Å². The third kappa shape index (κ3) is 6.10. The zero-order valence-corrected chi connectivity index (χ0v) is 20.2. The predicted octanol–water partition coefficient (Wildman–Crippen LogP) is 6.67. The molecule has 0 amide bonds. The highest BCUT2D eigenvalue weighted by Crippen LogP contribution is 2.25. The van der Waals surface area contributed by atoms with Crippen LogP contribution in [0.1, 0.15) is 39.9 Å². The number of fused-ring (bicyclic) bond motifs is 1. The van der Waals surface area contributed by atoms with Crippen LogP contribution < -0.4 is 0 Å². The van der Waals surface area contributed by atoms with Crippen molar-refractivity contribution >= 4 is 10.8 Å². The van der Waals surface area contributed by atoms with Crippen LogP contribution >= 0.6 is 0 Å². The van der Waals surface area contributed by atoms with Crippen LogP contribution in [0.15, 0.2) is 60.8 Å². The Hall–Kier alpha value is -3.69. The van der Waals surface area contributed by atoms with Gasteiger partial charge in [0.05, 0.1) is 0 Å². The van der Waals surface area contributed by atoms with Gasteiger partial charge in [-0.15, -0.1) is 0 Å². The summed E-state index contributed by atoms with van der Waals surface area (Å²) in [6.07, 6.45) is 5.98. The summed E-state index contributed by atoms with van der Waals surface area (Å²) in [5.74, 6) is -2.11. The number of nitriles is 1. The number of hydrogen-bond acceptors (Lipinski definition) is 3. The number of aryl methyl sites for hydroxylation is 5. The molecule has 0 radical (unpaired) electrons. The Morgan fingerprint density at radius 1 is 0.806 bits per heavy atom. The van der Waals surface area contributed by atoms with Crippen molar-refractivity contribution in [1.29, 1.82) is 5.26 Å². The summed E-state index contributed by atoms with van der Waals surface area (Å²) >= 11 is 0. The lowest BCUT2D eigenvalue weighted by Gasteiger charge is -2.10. The van der Waals surface area contributed by atoms with Gasteiger partial charge in [-0.3, -0.25) is 4.98 Å². The van der Waals surface area contributed by atoms with E-state index in [1.165, 1.54) is 11.6 Å². The number of hydrogen-bond donors (Lipinski definition) is 0. The van der Waals surface area contributed by atoms with Crippen molar-refractivity contribution in [3.8, 4) is 6.07 Å².